The lowest BCUT2D eigenvalue weighted by molar-refractivity contribution is -0.122. The number of hydrogen-bond donors (Lipinski definition) is 2. The van der Waals surface area contributed by atoms with Gasteiger partial charge in [0.25, 0.3) is 11.8 Å². The number of imide groups is 2. The van der Waals surface area contributed by atoms with Gasteiger partial charge < -0.3 is 14.6 Å². The van der Waals surface area contributed by atoms with E-state index in [4.69, 9.17) is 37.8 Å². The van der Waals surface area contributed by atoms with Crippen LogP contribution in [0.15, 0.2) is 66.2 Å². The highest BCUT2D eigenvalue weighted by Crippen LogP contribution is 2.35. The Hall–Kier alpha value is -4.34. The number of carbonyl (C=O) groups excluding carboxylic acids is 3. The number of methoxy groups -OCH3 is 1. The van der Waals surface area contributed by atoms with Gasteiger partial charge in [-0.25, -0.2) is 14.5 Å². The van der Waals surface area contributed by atoms with Crippen LogP contribution >= 0.6 is 23.2 Å². The van der Waals surface area contributed by atoms with Crippen LogP contribution in [0.25, 0.3) is 6.08 Å². The van der Waals surface area contributed by atoms with Crippen LogP contribution in [0, 0.1) is 0 Å². The Bertz CT molecular complexity index is 1450. The third kappa shape index (κ3) is 5.42. The molecule has 2 N–H and O–H groups in total. The second-order valence-corrected chi connectivity index (χ2v) is 8.54. The third-order valence-electron chi connectivity index (χ3n) is 5.38. The fraction of sp³-hybridized carbons (Fsp3) is 0.0769. The zero-order chi connectivity index (χ0) is 26.7. The molecule has 0 radical (unpaired) electrons. The van der Waals surface area contributed by atoms with E-state index in [1.54, 1.807) is 30.3 Å². The fourth-order valence-electron chi connectivity index (χ4n) is 3.53. The van der Waals surface area contributed by atoms with Crippen molar-refractivity contribution in [2.75, 3.05) is 12.0 Å². The number of nitrogens with zero attached hydrogens (tertiary/aromatic N) is 1. The van der Waals surface area contributed by atoms with Gasteiger partial charge in [0.15, 0.2) is 11.5 Å². The Morgan fingerprint density at radius 3 is 2.41 bits per heavy atom. The molecule has 0 spiro atoms. The molecule has 4 rings (SSSR count). The molecule has 0 unspecified atom stereocenters. The number of halogens is 2. The number of carboxylic acids is 1. The lowest BCUT2D eigenvalue weighted by Crippen LogP contribution is -2.54. The monoisotopic (exact) mass is 540 g/mol. The van der Waals surface area contributed by atoms with Gasteiger partial charge in [0, 0.05) is 5.56 Å². The summed E-state index contributed by atoms with van der Waals surface area (Å²) in [6.07, 6.45) is 1.29. The van der Waals surface area contributed by atoms with E-state index in [0.717, 1.165) is 4.90 Å². The summed E-state index contributed by atoms with van der Waals surface area (Å²) in [7, 11) is 1.43. The van der Waals surface area contributed by atoms with Gasteiger partial charge in [-0.15, -0.1) is 0 Å². The molecule has 188 valence electrons. The number of ether oxygens (including phenoxy) is 2. The van der Waals surface area contributed by atoms with Gasteiger partial charge in [-0.3, -0.25) is 14.9 Å². The van der Waals surface area contributed by atoms with Crippen LogP contribution in [0.5, 0.6) is 11.5 Å². The second kappa shape index (κ2) is 10.7. The minimum Gasteiger partial charge on any atom is -0.493 e. The molecule has 0 bridgehead atoms. The average Bonchev–Trinajstić information content (AvgIpc) is 2.87. The molecule has 0 atom stereocenters. The van der Waals surface area contributed by atoms with E-state index in [9.17, 15) is 19.2 Å². The lowest BCUT2D eigenvalue weighted by Gasteiger charge is -2.26. The van der Waals surface area contributed by atoms with Gasteiger partial charge >= 0.3 is 12.0 Å². The number of aromatic carboxylic acids is 1. The maximum absolute atomic E-state index is 13.3. The number of rotatable bonds is 7. The number of barbiturate groups is 1. The van der Waals surface area contributed by atoms with Gasteiger partial charge in [0.05, 0.1) is 28.4 Å². The fourth-order valence-corrected chi connectivity index (χ4v) is 3.82. The summed E-state index contributed by atoms with van der Waals surface area (Å²) in [6.45, 7) is 0.0461. The van der Waals surface area contributed by atoms with Crippen LogP contribution < -0.4 is 19.7 Å². The molecule has 9 nitrogen and oxygen atoms in total. The predicted octanol–water partition coefficient (Wildman–Crippen LogP) is 4.95. The molecule has 1 saturated heterocycles. The van der Waals surface area contributed by atoms with Crippen molar-refractivity contribution in [2.24, 2.45) is 0 Å². The van der Waals surface area contributed by atoms with Crippen LogP contribution in [-0.2, 0) is 16.2 Å². The van der Waals surface area contributed by atoms with E-state index >= 15 is 0 Å². The van der Waals surface area contributed by atoms with Crippen molar-refractivity contribution in [3.63, 3.8) is 0 Å². The van der Waals surface area contributed by atoms with E-state index < -0.39 is 23.8 Å². The molecule has 0 aromatic heterocycles. The molecule has 1 aliphatic rings. The lowest BCUT2D eigenvalue weighted by atomic mass is 10.1. The summed E-state index contributed by atoms with van der Waals surface area (Å²) in [5.41, 5.74) is 0.951. The number of anilines is 1. The Morgan fingerprint density at radius 1 is 1.03 bits per heavy atom. The molecule has 0 aliphatic carbocycles. The third-order valence-corrected chi connectivity index (χ3v) is 6.12. The van der Waals surface area contributed by atoms with Crippen molar-refractivity contribution in [1.29, 1.82) is 0 Å². The number of carboxylic acid groups (broad SMARTS) is 1. The molecule has 1 fully saturated rings. The summed E-state index contributed by atoms with van der Waals surface area (Å²) >= 11 is 12.0. The summed E-state index contributed by atoms with van der Waals surface area (Å²) < 4.78 is 11.3. The highest BCUT2D eigenvalue weighted by atomic mass is 35.5. The van der Waals surface area contributed by atoms with Crippen LogP contribution in [0.2, 0.25) is 10.0 Å². The Labute approximate surface area is 220 Å². The van der Waals surface area contributed by atoms with Crippen LogP contribution in [0.3, 0.4) is 0 Å². The maximum atomic E-state index is 13.3. The van der Waals surface area contributed by atoms with Crippen molar-refractivity contribution in [1.82, 2.24) is 5.32 Å². The zero-order valence-electron chi connectivity index (χ0n) is 19.2. The first-order valence-corrected chi connectivity index (χ1v) is 11.4. The average molecular weight is 541 g/mol. The van der Waals surface area contributed by atoms with Crippen LogP contribution in [-0.4, -0.2) is 36.0 Å². The number of urea groups is 1. The normalized spacial score (nSPS) is 14.5. The first kappa shape index (κ1) is 25.7. The highest BCUT2D eigenvalue weighted by Gasteiger charge is 2.37. The van der Waals surface area contributed by atoms with Gasteiger partial charge in [0.2, 0.25) is 0 Å². The highest BCUT2D eigenvalue weighted by molar-refractivity contribution is 6.43. The standard InChI is InChI=1S/C26H18Cl2N2O7/c1-36-21-4-2-3-16(22(21)37-13-14-5-7-15(8-6-14)25(33)34)11-18-23(31)29-26(35)30(24(18)32)17-9-10-19(27)20(28)12-17/h2-12H,13H2,1H3,(H,33,34)(H,29,31,35)/b18-11+. The molecule has 1 heterocycles. The van der Waals surface area contributed by atoms with E-state index in [1.807, 2.05) is 0 Å². The minimum absolute atomic E-state index is 0.0461. The second-order valence-electron chi connectivity index (χ2n) is 7.73. The van der Waals surface area contributed by atoms with Gasteiger partial charge in [-0.1, -0.05) is 47.5 Å². The number of carbonyl (C=O) groups is 4. The Kier molecular flexibility index (Phi) is 7.47. The van der Waals surface area contributed by atoms with Crippen molar-refractivity contribution >= 4 is 58.8 Å². The van der Waals surface area contributed by atoms with Gasteiger partial charge in [-0.05, 0) is 48.0 Å². The number of hydrogen-bond acceptors (Lipinski definition) is 6. The van der Waals surface area contributed by atoms with E-state index in [0.29, 0.717) is 16.9 Å². The summed E-state index contributed by atoms with van der Waals surface area (Å²) in [5, 5.41) is 11.6. The predicted molar refractivity (Wildman–Crippen MR) is 136 cm³/mol. The van der Waals surface area contributed by atoms with Gasteiger partial charge in [0.1, 0.15) is 12.2 Å². The quantitative estimate of drug-likeness (QED) is 0.321. The first-order chi connectivity index (χ1) is 17.7. The number of nitrogens with one attached hydrogen (secondary N) is 1. The van der Waals surface area contributed by atoms with Crippen molar-refractivity contribution in [2.45, 2.75) is 6.61 Å². The van der Waals surface area contributed by atoms with Crippen molar-refractivity contribution in [3.05, 3.63) is 93.0 Å². The SMILES string of the molecule is COc1cccc(/C=C2\C(=O)NC(=O)N(c3ccc(Cl)c(Cl)c3)C2=O)c1OCc1ccc(C(=O)O)cc1. The zero-order valence-corrected chi connectivity index (χ0v) is 20.7. The minimum atomic E-state index is -1.05. The van der Waals surface area contributed by atoms with Gasteiger partial charge in [-0.2, -0.15) is 0 Å². The Morgan fingerprint density at radius 2 is 1.76 bits per heavy atom. The smallest absolute Gasteiger partial charge is 0.335 e. The van der Waals surface area contributed by atoms with Crippen molar-refractivity contribution < 1.29 is 33.8 Å². The summed E-state index contributed by atoms with van der Waals surface area (Å²) in [5.74, 6) is -2.24. The molecule has 37 heavy (non-hydrogen) atoms. The van der Waals surface area contributed by atoms with E-state index in [1.165, 1.54) is 43.5 Å². The molecule has 11 heteroatoms. The number of para-hydroxylation sites is 1. The molecular weight excluding hydrogens is 523 g/mol. The largest absolute Gasteiger partial charge is 0.493 e. The number of amides is 4. The summed E-state index contributed by atoms with van der Waals surface area (Å²) in [4.78, 5) is 50.2. The van der Waals surface area contributed by atoms with Crippen LogP contribution in [0.4, 0.5) is 10.5 Å². The Balaban J connectivity index is 1.68. The van der Waals surface area contributed by atoms with Crippen LogP contribution in [0.1, 0.15) is 21.5 Å². The maximum Gasteiger partial charge on any atom is 0.335 e. The molecule has 0 saturated carbocycles. The van der Waals surface area contributed by atoms with E-state index in [2.05, 4.69) is 5.32 Å². The molecule has 4 amide bonds. The van der Waals surface area contributed by atoms with Crippen molar-refractivity contribution in [3.8, 4) is 11.5 Å². The number of benzene rings is 3. The first-order valence-electron chi connectivity index (χ1n) is 10.7. The molecule has 1 aliphatic heterocycles. The molecule has 3 aromatic rings. The molecular formula is C26H18Cl2N2O7. The molecule has 3 aromatic carbocycles. The topological polar surface area (TPSA) is 122 Å². The summed E-state index contributed by atoms with van der Waals surface area (Å²) in [6, 6.07) is 14.3. The van der Waals surface area contributed by atoms with E-state index in [-0.39, 0.29) is 39.2 Å².